The molecular weight excluding hydrogens is 158 g/mol. The summed E-state index contributed by atoms with van der Waals surface area (Å²) in [7, 11) is 4.22. The summed E-state index contributed by atoms with van der Waals surface area (Å²) >= 11 is 0. The number of rotatable bonds is 1. The van der Waals surface area contributed by atoms with Gasteiger partial charge in [0.15, 0.2) is 0 Å². The van der Waals surface area contributed by atoms with Gasteiger partial charge in [-0.15, -0.1) is 0 Å². The molecule has 1 aliphatic rings. The average molecular weight is 173 g/mol. The van der Waals surface area contributed by atoms with Gasteiger partial charge >= 0.3 is 0 Å². The molecule has 68 valence electrons. The van der Waals surface area contributed by atoms with Crippen molar-refractivity contribution in [2.24, 2.45) is 0 Å². The number of fused-ring (bicyclic) bond motifs is 1. The maximum atomic E-state index is 2.32. The molecule has 0 saturated carbocycles. The van der Waals surface area contributed by atoms with Crippen molar-refractivity contribution < 1.29 is 0 Å². The topological polar surface area (TPSA) is 3.24 Å². The minimum absolute atomic E-state index is 1.09. The molecule has 1 heteroatoms. The van der Waals surface area contributed by atoms with Crippen molar-refractivity contribution >= 4 is 0 Å². The lowest BCUT2D eigenvalue weighted by molar-refractivity contribution is 0.492. The van der Waals surface area contributed by atoms with Gasteiger partial charge in [0, 0.05) is 26.2 Å². The van der Waals surface area contributed by atoms with Gasteiger partial charge in [-0.1, -0.05) is 30.3 Å². The molecule has 0 atom stereocenters. The van der Waals surface area contributed by atoms with E-state index in [2.05, 4.69) is 49.3 Å². The summed E-state index contributed by atoms with van der Waals surface area (Å²) < 4.78 is 0. The highest BCUT2D eigenvalue weighted by Crippen LogP contribution is 2.21. The predicted octanol–water partition coefficient (Wildman–Crippen LogP) is 2.23. The molecule has 13 heavy (non-hydrogen) atoms. The third-order valence-corrected chi connectivity index (χ3v) is 2.62. The molecule has 0 aromatic heterocycles. The molecule has 0 N–H and O–H groups in total. The maximum Gasteiger partial charge on any atom is 0.0135 e. The average Bonchev–Trinajstić information content (AvgIpc) is 2.17. The lowest BCUT2D eigenvalue weighted by atomic mass is 9.94. The Morgan fingerprint density at radius 3 is 2.46 bits per heavy atom. The maximum absolute atomic E-state index is 2.32. The van der Waals surface area contributed by atoms with Crippen LogP contribution in [0.15, 0.2) is 36.0 Å². The highest BCUT2D eigenvalue weighted by molar-refractivity contribution is 5.36. The highest BCUT2D eigenvalue weighted by atomic mass is 15.1. The zero-order valence-electron chi connectivity index (χ0n) is 8.25. The van der Waals surface area contributed by atoms with E-state index in [1.165, 1.54) is 16.8 Å². The number of allylic oxidation sites excluding steroid dienone is 2. The van der Waals surface area contributed by atoms with E-state index in [1.54, 1.807) is 0 Å². The first-order valence-electron chi connectivity index (χ1n) is 4.70. The molecule has 2 rings (SSSR count). The van der Waals surface area contributed by atoms with Gasteiger partial charge < -0.3 is 4.90 Å². The molecule has 0 saturated heterocycles. The lowest BCUT2D eigenvalue weighted by Crippen LogP contribution is -2.16. The molecule has 1 nitrogen and oxygen atoms in total. The standard InChI is InChI=1S/C12H15N/c1-13(2)12-8-7-10-5-3-4-6-11(10)9-12/h3-6,8H,7,9H2,1-2H3. The zero-order chi connectivity index (χ0) is 9.26. The van der Waals surface area contributed by atoms with Crippen molar-refractivity contribution in [3.63, 3.8) is 0 Å². The molecule has 1 aliphatic carbocycles. The van der Waals surface area contributed by atoms with Gasteiger partial charge in [-0.2, -0.15) is 0 Å². The van der Waals surface area contributed by atoms with Crippen LogP contribution in [-0.4, -0.2) is 19.0 Å². The fourth-order valence-corrected chi connectivity index (χ4v) is 1.76. The van der Waals surface area contributed by atoms with Crippen LogP contribution in [0.2, 0.25) is 0 Å². The van der Waals surface area contributed by atoms with Crippen LogP contribution in [0.5, 0.6) is 0 Å². The zero-order valence-corrected chi connectivity index (χ0v) is 8.25. The molecule has 0 amide bonds. The van der Waals surface area contributed by atoms with E-state index in [1.807, 2.05) is 0 Å². The largest absolute Gasteiger partial charge is 0.381 e. The van der Waals surface area contributed by atoms with Crippen LogP contribution in [0.25, 0.3) is 0 Å². The second kappa shape index (κ2) is 3.25. The molecule has 0 fully saturated rings. The van der Waals surface area contributed by atoms with E-state index in [9.17, 15) is 0 Å². The minimum Gasteiger partial charge on any atom is -0.381 e. The Morgan fingerprint density at radius 1 is 1.08 bits per heavy atom. The Hall–Kier alpha value is -1.24. The number of nitrogens with zero attached hydrogens (tertiary/aromatic N) is 1. The van der Waals surface area contributed by atoms with Crippen LogP contribution in [0.4, 0.5) is 0 Å². The fourth-order valence-electron chi connectivity index (χ4n) is 1.76. The summed E-state index contributed by atoms with van der Waals surface area (Å²) in [6, 6.07) is 8.69. The summed E-state index contributed by atoms with van der Waals surface area (Å²) in [5.74, 6) is 0. The van der Waals surface area contributed by atoms with E-state index in [0.717, 1.165) is 12.8 Å². The third kappa shape index (κ3) is 1.59. The van der Waals surface area contributed by atoms with Crippen LogP contribution in [0.1, 0.15) is 11.1 Å². The summed E-state index contributed by atoms with van der Waals surface area (Å²) in [5.41, 5.74) is 4.39. The van der Waals surface area contributed by atoms with Crippen LogP contribution >= 0.6 is 0 Å². The molecule has 0 radical (unpaired) electrons. The Balaban J connectivity index is 2.28. The lowest BCUT2D eigenvalue weighted by Gasteiger charge is -2.22. The molecule has 0 spiro atoms. The van der Waals surface area contributed by atoms with Crippen LogP contribution in [-0.2, 0) is 12.8 Å². The van der Waals surface area contributed by atoms with Crippen molar-refractivity contribution in [1.29, 1.82) is 0 Å². The van der Waals surface area contributed by atoms with E-state index >= 15 is 0 Å². The van der Waals surface area contributed by atoms with E-state index < -0.39 is 0 Å². The summed E-state index contributed by atoms with van der Waals surface area (Å²) in [5, 5.41) is 0. The second-order valence-corrected chi connectivity index (χ2v) is 3.74. The Kier molecular flexibility index (Phi) is 2.09. The van der Waals surface area contributed by atoms with Crippen molar-refractivity contribution in [1.82, 2.24) is 4.90 Å². The summed E-state index contributed by atoms with van der Waals surface area (Å²) in [6.45, 7) is 0. The third-order valence-electron chi connectivity index (χ3n) is 2.62. The van der Waals surface area contributed by atoms with Crippen LogP contribution in [0.3, 0.4) is 0 Å². The molecule has 1 aromatic rings. The van der Waals surface area contributed by atoms with Crippen molar-refractivity contribution in [3.8, 4) is 0 Å². The van der Waals surface area contributed by atoms with Gasteiger partial charge in [0.25, 0.3) is 0 Å². The number of benzene rings is 1. The Bertz CT molecular complexity index is 337. The van der Waals surface area contributed by atoms with Crippen LogP contribution in [0, 0.1) is 0 Å². The summed E-state index contributed by atoms with van der Waals surface area (Å²) in [4.78, 5) is 2.20. The van der Waals surface area contributed by atoms with Crippen molar-refractivity contribution in [2.75, 3.05) is 14.1 Å². The van der Waals surface area contributed by atoms with E-state index in [0.29, 0.717) is 0 Å². The first kappa shape index (κ1) is 8.36. The van der Waals surface area contributed by atoms with Gasteiger partial charge in [0.05, 0.1) is 0 Å². The van der Waals surface area contributed by atoms with Crippen LogP contribution < -0.4 is 0 Å². The number of hydrogen-bond acceptors (Lipinski definition) is 1. The second-order valence-electron chi connectivity index (χ2n) is 3.74. The summed E-state index contributed by atoms with van der Waals surface area (Å²) in [6.07, 6.45) is 4.50. The van der Waals surface area contributed by atoms with Gasteiger partial charge in [0.1, 0.15) is 0 Å². The van der Waals surface area contributed by atoms with E-state index in [4.69, 9.17) is 0 Å². The van der Waals surface area contributed by atoms with Crippen molar-refractivity contribution in [3.05, 3.63) is 47.2 Å². The number of hydrogen-bond donors (Lipinski definition) is 0. The first-order valence-corrected chi connectivity index (χ1v) is 4.70. The quantitative estimate of drug-likeness (QED) is 0.629. The molecule has 0 bridgehead atoms. The Morgan fingerprint density at radius 2 is 1.77 bits per heavy atom. The first-order chi connectivity index (χ1) is 6.27. The van der Waals surface area contributed by atoms with Gasteiger partial charge in [-0.25, -0.2) is 0 Å². The van der Waals surface area contributed by atoms with Gasteiger partial charge in [0.2, 0.25) is 0 Å². The smallest absolute Gasteiger partial charge is 0.0135 e. The molecular formula is C12H15N. The molecule has 1 aromatic carbocycles. The molecule has 0 aliphatic heterocycles. The molecule has 0 heterocycles. The number of likely N-dealkylation sites (N-methyl/N-ethyl adjacent to an activating group) is 1. The fraction of sp³-hybridized carbons (Fsp3) is 0.333. The SMILES string of the molecule is CN(C)C1=CCc2ccccc2C1. The van der Waals surface area contributed by atoms with Gasteiger partial charge in [-0.3, -0.25) is 0 Å². The van der Waals surface area contributed by atoms with Gasteiger partial charge in [-0.05, 0) is 17.5 Å². The highest BCUT2D eigenvalue weighted by Gasteiger charge is 2.10. The molecule has 0 unspecified atom stereocenters. The van der Waals surface area contributed by atoms with Crippen molar-refractivity contribution in [2.45, 2.75) is 12.8 Å². The monoisotopic (exact) mass is 173 g/mol. The predicted molar refractivity (Wildman–Crippen MR) is 55.6 cm³/mol. The normalized spacial score (nSPS) is 14.8. The minimum atomic E-state index is 1.09. The Labute approximate surface area is 79.7 Å². The van der Waals surface area contributed by atoms with E-state index in [-0.39, 0.29) is 0 Å².